The third-order valence-corrected chi connectivity index (χ3v) is 1.32. The molecule has 0 aliphatic carbocycles. The Balaban J connectivity index is 0.000000810. The zero-order valence-corrected chi connectivity index (χ0v) is 6.29. The Kier molecular flexibility index (Phi) is 4.33. The number of rotatable bonds is 0. The van der Waals surface area contributed by atoms with Crippen molar-refractivity contribution in [1.82, 2.24) is 0 Å². The molecule has 1 rings (SSSR count). The van der Waals surface area contributed by atoms with Crippen LogP contribution < -0.4 is 0 Å². The minimum Gasteiger partial charge on any atom is -0.0843 e. The van der Waals surface area contributed by atoms with Crippen molar-refractivity contribution in [1.29, 1.82) is 0 Å². The average molecular weight is 166 g/mol. The van der Waals surface area contributed by atoms with Crippen LogP contribution in [0.4, 0.5) is 0 Å². The molecule has 0 heterocycles. The lowest BCUT2D eigenvalue weighted by atomic mass is 10.2. The number of hydrogen-bond acceptors (Lipinski definition) is 0. The van der Waals surface area contributed by atoms with Crippen LogP contribution in [0.25, 0.3) is 0 Å². The molecule has 2 heteroatoms. The Morgan fingerprint density at radius 2 is 1.60 bits per heavy atom. The molecule has 0 amide bonds. The minimum absolute atomic E-state index is 0. The molecule has 0 N–H and O–H groups in total. The van der Waals surface area contributed by atoms with Crippen LogP contribution in [0.2, 0.25) is 5.02 Å². The summed E-state index contributed by atoms with van der Waals surface area (Å²) in [5.74, 6) is 0. The number of aryl methyl sites for hydroxylation is 2. The summed E-state index contributed by atoms with van der Waals surface area (Å²) in [6, 6.07) is 6.92. The molecule has 0 nitrogen and oxygen atoms in total. The first-order chi connectivity index (χ1) is 4.18. The van der Waals surface area contributed by atoms with Gasteiger partial charge >= 0.3 is 23.1 Å². The molecule has 0 spiro atoms. The summed E-state index contributed by atoms with van der Waals surface area (Å²) < 4.78 is 0. The van der Waals surface area contributed by atoms with Crippen molar-refractivity contribution in [2.24, 2.45) is 0 Å². The second-order valence-corrected chi connectivity index (χ2v) is 2.60. The highest BCUT2D eigenvalue weighted by molar-refractivity contribution is 6.30. The van der Waals surface area contributed by atoms with Crippen LogP contribution in [-0.2, 0) is 0 Å². The van der Waals surface area contributed by atoms with Crippen LogP contribution in [0.15, 0.2) is 12.1 Å². The first-order valence-corrected chi connectivity index (χ1v) is 3.22. The van der Waals surface area contributed by atoms with Gasteiger partial charge in [-0.1, -0.05) is 11.6 Å². The van der Waals surface area contributed by atoms with Crippen molar-refractivity contribution in [2.75, 3.05) is 0 Å². The fraction of sp³-hybridized carbons (Fsp3) is 0.250. The van der Waals surface area contributed by atoms with E-state index in [1.807, 2.05) is 26.0 Å². The second-order valence-electron chi connectivity index (χ2n) is 2.16. The maximum Gasteiger partial charge on any atom is 0.316 e. The molecule has 0 unspecified atom stereocenters. The molecule has 0 bridgehead atoms. The first kappa shape index (κ1) is 10.3. The van der Waals surface area contributed by atoms with Crippen LogP contribution in [0.1, 0.15) is 11.1 Å². The van der Waals surface area contributed by atoms with Gasteiger partial charge in [-0.15, -0.1) is 0 Å². The van der Waals surface area contributed by atoms with Crippen molar-refractivity contribution in [3.05, 3.63) is 34.3 Å². The number of benzene rings is 1. The Morgan fingerprint density at radius 1 is 1.20 bits per heavy atom. The Labute approximate surface area is 82.7 Å². The molecular formula is C8H10ClMg. The monoisotopic (exact) mass is 165 g/mol. The van der Waals surface area contributed by atoms with Gasteiger partial charge in [-0.25, -0.2) is 0 Å². The van der Waals surface area contributed by atoms with E-state index in [1.54, 1.807) is 0 Å². The standard InChI is InChI=1S/C8H8Cl.Mg.2H/c1-6-3-7(2)5-8(9)4-6;;;/h4-5H,1-2H3;;;. The second kappa shape index (κ2) is 4.22. The van der Waals surface area contributed by atoms with Gasteiger partial charge in [0.05, 0.1) is 0 Å². The summed E-state index contributed by atoms with van der Waals surface area (Å²) in [6.07, 6.45) is 0. The maximum absolute atomic E-state index is 5.73. The molecule has 1 radical (unpaired) electrons. The van der Waals surface area contributed by atoms with Crippen molar-refractivity contribution >= 4 is 34.7 Å². The highest BCUT2D eigenvalue weighted by Gasteiger charge is 1.90. The lowest BCUT2D eigenvalue weighted by Gasteiger charge is -1.94. The van der Waals surface area contributed by atoms with Gasteiger partial charge in [0.2, 0.25) is 0 Å². The molecule has 0 saturated heterocycles. The maximum atomic E-state index is 5.73. The molecule has 1 aromatic rings. The Hall–Kier alpha value is 0.276. The minimum atomic E-state index is 0. The largest absolute Gasteiger partial charge is 0.316 e. The summed E-state index contributed by atoms with van der Waals surface area (Å²) in [4.78, 5) is 0. The van der Waals surface area contributed by atoms with E-state index >= 15 is 0 Å². The predicted octanol–water partition coefficient (Wildman–Crippen LogP) is 1.84. The van der Waals surface area contributed by atoms with Crippen LogP contribution in [0, 0.1) is 19.9 Å². The SMILES string of the molecule is Cc1[c]c(C)cc(Cl)c1.[MgH2]. The van der Waals surface area contributed by atoms with Crippen LogP contribution in [-0.4, -0.2) is 23.1 Å². The third kappa shape index (κ3) is 2.91. The van der Waals surface area contributed by atoms with E-state index in [1.165, 1.54) is 0 Å². The molecule has 0 saturated carbocycles. The molecular weight excluding hydrogens is 156 g/mol. The van der Waals surface area contributed by atoms with Gasteiger partial charge in [0.15, 0.2) is 0 Å². The van der Waals surface area contributed by atoms with Crippen LogP contribution >= 0.6 is 11.6 Å². The topological polar surface area (TPSA) is 0 Å². The molecule has 0 aromatic heterocycles. The Bertz CT molecular complexity index is 170. The zero-order chi connectivity index (χ0) is 6.85. The number of halogens is 1. The van der Waals surface area contributed by atoms with Gasteiger partial charge in [0, 0.05) is 5.02 Å². The smallest absolute Gasteiger partial charge is 0.0843 e. The van der Waals surface area contributed by atoms with Crippen molar-refractivity contribution in [2.45, 2.75) is 13.8 Å². The quantitative estimate of drug-likeness (QED) is 0.515. The van der Waals surface area contributed by atoms with Crippen molar-refractivity contribution < 1.29 is 0 Å². The first-order valence-electron chi connectivity index (χ1n) is 2.84. The normalized spacial score (nSPS) is 8.70. The van der Waals surface area contributed by atoms with Gasteiger partial charge in [0.1, 0.15) is 0 Å². The van der Waals surface area contributed by atoms with Gasteiger partial charge < -0.3 is 0 Å². The van der Waals surface area contributed by atoms with Gasteiger partial charge in [0.25, 0.3) is 0 Å². The van der Waals surface area contributed by atoms with Crippen molar-refractivity contribution in [3.8, 4) is 0 Å². The van der Waals surface area contributed by atoms with E-state index in [2.05, 4.69) is 6.07 Å². The van der Waals surface area contributed by atoms with E-state index in [4.69, 9.17) is 11.6 Å². The van der Waals surface area contributed by atoms with Gasteiger partial charge in [-0.05, 0) is 43.2 Å². The van der Waals surface area contributed by atoms with E-state index in [-0.39, 0.29) is 23.1 Å². The fourth-order valence-electron chi connectivity index (χ4n) is 0.839. The summed E-state index contributed by atoms with van der Waals surface area (Å²) in [7, 11) is 0. The summed E-state index contributed by atoms with van der Waals surface area (Å²) in [5.41, 5.74) is 2.19. The third-order valence-electron chi connectivity index (χ3n) is 1.10. The molecule has 0 fully saturated rings. The van der Waals surface area contributed by atoms with Gasteiger partial charge in [-0.2, -0.15) is 0 Å². The summed E-state index contributed by atoms with van der Waals surface area (Å²) >= 11 is 5.73. The van der Waals surface area contributed by atoms with Crippen LogP contribution in [0.3, 0.4) is 0 Å². The van der Waals surface area contributed by atoms with Crippen LogP contribution in [0.5, 0.6) is 0 Å². The lowest BCUT2D eigenvalue weighted by molar-refractivity contribution is 1.37. The van der Waals surface area contributed by atoms with E-state index < -0.39 is 0 Å². The molecule has 0 atom stereocenters. The van der Waals surface area contributed by atoms with Crippen molar-refractivity contribution in [3.63, 3.8) is 0 Å². The number of hydrogen-bond donors (Lipinski definition) is 0. The highest BCUT2D eigenvalue weighted by Crippen LogP contribution is 2.12. The van der Waals surface area contributed by atoms with Gasteiger partial charge in [-0.3, -0.25) is 0 Å². The molecule has 10 heavy (non-hydrogen) atoms. The summed E-state index contributed by atoms with van der Waals surface area (Å²) in [5, 5.41) is 0.795. The highest BCUT2D eigenvalue weighted by atomic mass is 35.5. The zero-order valence-electron chi connectivity index (χ0n) is 5.53. The fourth-order valence-corrected chi connectivity index (χ4v) is 1.17. The Morgan fingerprint density at radius 3 is 1.90 bits per heavy atom. The predicted molar refractivity (Wildman–Crippen MR) is 48.3 cm³/mol. The lowest BCUT2D eigenvalue weighted by Crippen LogP contribution is -1.75. The molecule has 0 aliphatic heterocycles. The van der Waals surface area contributed by atoms with E-state index in [0.717, 1.165) is 16.1 Å². The molecule has 51 valence electrons. The average Bonchev–Trinajstić information content (AvgIpc) is 1.59. The molecule has 0 aliphatic rings. The van der Waals surface area contributed by atoms with E-state index in [0.29, 0.717) is 0 Å². The molecule has 1 aromatic carbocycles. The summed E-state index contributed by atoms with van der Waals surface area (Å²) in [6.45, 7) is 3.97. The van der Waals surface area contributed by atoms with E-state index in [9.17, 15) is 0 Å².